The summed E-state index contributed by atoms with van der Waals surface area (Å²) in [6, 6.07) is 8.79. The molecule has 0 aromatic carbocycles. The third kappa shape index (κ3) is 3.25. The standard InChI is InChI=1S/C22H25N3O2S/c1-15-11-16-5-2-6-17(12-15)24(16)14-22(26)25-19(21-8-4-10-28-21)13-18(23-25)20-7-3-9-27-20/h3-4,7-10,16-17,19H,1-2,5-6,11-14H2. The van der Waals surface area contributed by atoms with Crippen molar-refractivity contribution in [1.29, 1.82) is 0 Å². The first-order chi connectivity index (χ1) is 13.7. The third-order valence-electron chi connectivity index (χ3n) is 6.22. The fourth-order valence-corrected chi connectivity index (χ4v) is 5.74. The Balaban J connectivity index is 1.39. The van der Waals surface area contributed by atoms with Crippen LogP contribution in [0.15, 0.2) is 57.6 Å². The summed E-state index contributed by atoms with van der Waals surface area (Å²) in [6.07, 6.45) is 8.00. The number of piperidine rings is 2. The molecule has 5 heterocycles. The summed E-state index contributed by atoms with van der Waals surface area (Å²) in [7, 11) is 0. The molecule has 1 amide bonds. The second kappa shape index (κ2) is 7.33. The molecule has 0 aliphatic carbocycles. The van der Waals surface area contributed by atoms with Gasteiger partial charge in [-0.15, -0.1) is 11.3 Å². The van der Waals surface area contributed by atoms with Crippen molar-refractivity contribution >= 4 is 23.0 Å². The predicted octanol–water partition coefficient (Wildman–Crippen LogP) is 4.59. The molecule has 2 bridgehead atoms. The van der Waals surface area contributed by atoms with Gasteiger partial charge in [0.15, 0.2) is 0 Å². The summed E-state index contributed by atoms with van der Waals surface area (Å²) in [4.78, 5) is 17.0. The number of thiophene rings is 1. The Morgan fingerprint density at radius 2 is 2.04 bits per heavy atom. The van der Waals surface area contributed by atoms with Crippen LogP contribution in [0.1, 0.15) is 55.2 Å². The van der Waals surface area contributed by atoms with Crippen molar-refractivity contribution in [1.82, 2.24) is 9.91 Å². The summed E-state index contributed by atoms with van der Waals surface area (Å²) in [5, 5.41) is 8.48. The number of fused-ring (bicyclic) bond motifs is 2. The molecule has 3 aliphatic rings. The van der Waals surface area contributed by atoms with Gasteiger partial charge >= 0.3 is 0 Å². The lowest BCUT2D eigenvalue weighted by Gasteiger charge is -2.46. The number of hydrogen-bond donors (Lipinski definition) is 0. The van der Waals surface area contributed by atoms with Crippen LogP contribution < -0.4 is 0 Å². The van der Waals surface area contributed by atoms with Crippen LogP contribution in [0.3, 0.4) is 0 Å². The molecule has 2 aromatic heterocycles. The lowest BCUT2D eigenvalue weighted by atomic mass is 9.82. The van der Waals surface area contributed by atoms with Gasteiger partial charge in [-0.3, -0.25) is 9.69 Å². The molecule has 0 N–H and O–H groups in total. The van der Waals surface area contributed by atoms with Gasteiger partial charge in [-0.2, -0.15) is 5.10 Å². The molecular weight excluding hydrogens is 370 g/mol. The monoisotopic (exact) mass is 395 g/mol. The van der Waals surface area contributed by atoms with E-state index in [2.05, 4.69) is 22.9 Å². The highest BCUT2D eigenvalue weighted by Gasteiger charge is 2.40. The van der Waals surface area contributed by atoms with Gasteiger partial charge in [0.25, 0.3) is 5.91 Å². The molecule has 2 fully saturated rings. The quantitative estimate of drug-likeness (QED) is 0.712. The maximum atomic E-state index is 13.4. The van der Waals surface area contributed by atoms with Crippen molar-refractivity contribution < 1.29 is 9.21 Å². The van der Waals surface area contributed by atoms with E-state index in [0.29, 0.717) is 25.0 Å². The lowest BCUT2D eigenvalue weighted by Crippen LogP contribution is -2.53. The smallest absolute Gasteiger partial charge is 0.257 e. The molecule has 2 aromatic rings. The molecule has 5 rings (SSSR count). The van der Waals surface area contributed by atoms with Crippen LogP contribution in [0.5, 0.6) is 0 Å². The second-order valence-corrected chi connectivity index (χ2v) is 9.05. The molecule has 0 radical (unpaired) electrons. The second-order valence-electron chi connectivity index (χ2n) is 8.07. The molecule has 2 saturated heterocycles. The van der Waals surface area contributed by atoms with Crippen molar-refractivity contribution in [3.63, 3.8) is 0 Å². The van der Waals surface area contributed by atoms with Crippen LogP contribution >= 0.6 is 11.3 Å². The van der Waals surface area contributed by atoms with Crippen molar-refractivity contribution in [3.05, 3.63) is 58.7 Å². The minimum Gasteiger partial charge on any atom is -0.463 e. The Hall–Kier alpha value is -2.18. The van der Waals surface area contributed by atoms with Gasteiger partial charge in [0.2, 0.25) is 0 Å². The van der Waals surface area contributed by atoms with Crippen LogP contribution in [0.4, 0.5) is 0 Å². The molecule has 0 saturated carbocycles. The largest absolute Gasteiger partial charge is 0.463 e. The summed E-state index contributed by atoms with van der Waals surface area (Å²) < 4.78 is 5.55. The number of hydrogen-bond acceptors (Lipinski definition) is 5. The van der Waals surface area contributed by atoms with Crippen LogP contribution in [0.2, 0.25) is 0 Å². The van der Waals surface area contributed by atoms with E-state index in [1.54, 1.807) is 22.6 Å². The zero-order valence-corrected chi connectivity index (χ0v) is 16.7. The van der Waals surface area contributed by atoms with Crippen LogP contribution in [0.25, 0.3) is 0 Å². The minimum atomic E-state index is -0.0350. The first kappa shape index (κ1) is 17.9. The maximum Gasteiger partial charge on any atom is 0.257 e. The number of rotatable bonds is 4. The van der Waals surface area contributed by atoms with E-state index < -0.39 is 0 Å². The summed E-state index contributed by atoms with van der Waals surface area (Å²) in [5.41, 5.74) is 2.19. The molecule has 6 heteroatoms. The van der Waals surface area contributed by atoms with E-state index in [0.717, 1.165) is 37.2 Å². The fraction of sp³-hybridized carbons (Fsp3) is 0.455. The molecule has 3 atom stereocenters. The highest BCUT2D eigenvalue weighted by molar-refractivity contribution is 7.10. The molecule has 3 aliphatic heterocycles. The number of carbonyl (C=O) groups excluding carboxylic acids is 1. The molecule has 0 spiro atoms. The highest BCUT2D eigenvalue weighted by atomic mass is 32.1. The maximum absolute atomic E-state index is 13.4. The predicted molar refractivity (Wildman–Crippen MR) is 110 cm³/mol. The number of furan rings is 1. The van der Waals surface area contributed by atoms with Crippen LogP contribution in [0, 0.1) is 0 Å². The zero-order chi connectivity index (χ0) is 19.1. The Labute approximate surface area is 169 Å². The normalized spacial score (nSPS) is 27.9. The van der Waals surface area contributed by atoms with Gasteiger partial charge in [0, 0.05) is 23.4 Å². The topological polar surface area (TPSA) is 49.1 Å². The summed E-state index contributed by atoms with van der Waals surface area (Å²) >= 11 is 1.68. The van der Waals surface area contributed by atoms with E-state index in [1.165, 1.54) is 16.9 Å². The molecule has 5 nitrogen and oxygen atoms in total. The number of carbonyl (C=O) groups is 1. The molecule has 146 valence electrons. The van der Waals surface area contributed by atoms with Crippen molar-refractivity contribution in [2.75, 3.05) is 6.54 Å². The number of hydrazone groups is 1. The van der Waals surface area contributed by atoms with Gasteiger partial charge in [-0.1, -0.05) is 24.6 Å². The van der Waals surface area contributed by atoms with E-state index in [9.17, 15) is 4.79 Å². The van der Waals surface area contributed by atoms with Gasteiger partial charge in [0.05, 0.1) is 18.8 Å². The molecule has 28 heavy (non-hydrogen) atoms. The van der Waals surface area contributed by atoms with Gasteiger partial charge < -0.3 is 4.42 Å². The van der Waals surface area contributed by atoms with E-state index in [4.69, 9.17) is 9.52 Å². The Morgan fingerprint density at radius 3 is 2.71 bits per heavy atom. The first-order valence-electron chi connectivity index (χ1n) is 10.1. The van der Waals surface area contributed by atoms with Crippen molar-refractivity contribution in [3.8, 4) is 0 Å². The van der Waals surface area contributed by atoms with E-state index >= 15 is 0 Å². The summed E-state index contributed by atoms with van der Waals surface area (Å²) in [5.74, 6) is 0.840. The SMILES string of the molecule is C=C1CC2CCCC(C1)N2CC(=O)N1N=C(c2ccco2)CC1c1cccs1. The average Bonchev–Trinajstić information content (AvgIpc) is 3.42. The summed E-state index contributed by atoms with van der Waals surface area (Å²) in [6.45, 7) is 4.66. The number of amides is 1. The third-order valence-corrected chi connectivity index (χ3v) is 7.20. The Morgan fingerprint density at radius 1 is 1.21 bits per heavy atom. The Bertz CT molecular complexity index is 871. The minimum absolute atomic E-state index is 0.0350. The van der Waals surface area contributed by atoms with Crippen LogP contribution in [-0.4, -0.2) is 40.2 Å². The fourth-order valence-electron chi connectivity index (χ4n) is 4.93. The Kier molecular flexibility index (Phi) is 4.69. The molecular formula is C22H25N3O2S. The van der Waals surface area contributed by atoms with Gasteiger partial charge in [-0.05, 0) is 49.3 Å². The van der Waals surface area contributed by atoms with E-state index in [1.807, 2.05) is 18.2 Å². The van der Waals surface area contributed by atoms with Crippen molar-refractivity contribution in [2.45, 2.75) is 56.7 Å². The van der Waals surface area contributed by atoms with E-state index in [-0.39, 0.29) is 11.9 Å². The van der Waals surface area contributed by atoms with Crippen molar-refractivity contribution in [2.24, 2.45) is 5.10 Å². The zero-order valence-electron chi connectivity index (χ0n) is 15.9. The average molecular weight is 396 g/mol. The van der Waals surface area contributed by atoms with Gasteiger partial charge in [-0.25, -0.2) is 5.01 Å². The van der Waals surface area contributed by atoms with Gasteiger partial charge in [0.1, 0.15) is 11.5 Å². The first-order valence-corrected chi connectivity index (χ1v) is 11.0. The number of nitrogens with zero attached hydrogens (tertiary/aromatic N) is 3. The molecule has 3 unspecified atom stereocenters. The lowest BCUT2D eigenvalue weighted by molar-refractivity contribution is -0.136. The highest BCUT2D eigenvalue weighted by Crippen LogP contribution is 2.38. The van der Waals surface area contributed by atoms with Crippen LogP contribution in [-0.2, 0) is 4.79 Å².